The van der Waals surface area contributed by atoms with E-state index in [2.05, 4.69) is 4.98 Å². The molecule has 1 aliphatic heterocycles. The lowest BCUT2D eigenvalue weighted by atomic mass is 10.2. The lowest BCUT2D eigenvalue weighted by Crippen LogP contribution is -2.47. The van der Waals surface area contributed by atoms with E-state index in [1.54, 1.807) is 17.0 Å². The number of hydrogen-bond donors (Lipinski definition) is 2. The van der Waals surface area contributed by atoms with Crippen molar-refractivity contribution >= 4 is 17.7 Å². The fourth-order valence-corrected chi connectivity index (χ4v) is 1.83. The van der Waals surface area contributed by atoms with E-state index in [9.17, 15) is 9.59 Å². The Morgan fingerprint density at radius 3 is 3.00 bits per heavy atom. The molecule has 0 spiro atoms. The lowest BCUT2D eigenvalue weighted by molar-refractivity contribution is -0.150. The minimum atomic E-state index is -1.03. The Morgan fingerprint density at radius 1 is 1.56 bits per heavy atom. The molecule has 1 aromatic heterocycles. The summed E-state index contributed by atoms with van der Waals surface area (Å²) in [7, 11) is 0. The van der Waals surface area contributed by atoms with Crippen molar-refractivity contribution in [2.24, 2.45) is 5.73 Å². The first-order valence-corrected chi connectivity index (χ1v) is 5.44. The third-order valence-electron chi connectivity index (χ3n) is 2.69. The highest BCUT2D eigenvalue weighted by Crippen LogP contribution is 2.19. The smallest absolute Gasteiger partial charge is 0.334 e. The minimum absolute atomic E-state index is 0.145. The zero-order valence-corrected chi connectivity index (χ0v) is 9.57. The van der Waals surface area contributed by atoms with Crippen molar-refractivity contribution in [3.05, 3.63) is 23.9 Å². The van der Waals surface area contributed by atoms with Gasteiger partial charge < -0.3 is 20.5 Å². The predicted molar refractivity (Wildman–Crippen MR) is 62.3 cm³/mol. The van der Waals surface area contributed by atoms with Gasteiger partial charge in [-0.2, -0.15) is 0 Å². The number of pyridine rings is 1. The molecule has 0 saturated carbocycles. The van der Waals surface area contributed by atoms with E-state index >= 15 is 0 Å². The summed E-state index contributed by atoms with van der Waals surface area (Å²) in [5.41, 5.74) is 5.54. The Kier molecular flexibility index (Phi) is 3.42. The van der Waals surface area contributed by atoms with Crippen molar-refractivity contribution in [2.75, 3.05) is 24.6 Å². The molecule has 2 rings (SSSR count). The number of ether oxygens (including phenoxy) is 1. The maximum Gasteiger partial charge on any atom is 0.334 e. The van der Waals surface area contributed by atoms with Gasteiger partial charge in [-0.25, -0.2) is 9.78 Å². The number of aliphatic carboxylic acids is 1. The number of carboxylic acids is 1. The Morgan fingerprint density at radius 2 is 2.33 bits per heavy atom. The summed E-state index contributed by atoms with van der Waals surface area (Å²) >= 11 is 0. The van der Waals surface area contributed by atoms with Gasteiger partial charge in [-0.05, 0) is 12.1 Å². The van der Waals surface area contributed by atoms with E-state index < -0.39 is 18.0 Å². The van der Waals surface area contributed by atoms with Crippen LogP contribution >= 0.6 is 0 Å². The van der Waals surface area contributed by atoms with Gasteiger partial charge >= 0.3 is 5.97 Å². The fourth-order valence-electron chi connectivity index (χ4n) is 1.83. The largest absolute Gasteiger partial charge is 0.479 e. The van der Waals surface area contributed by atoms with Crippen LogP contribution in [0.4, 0.5) is 5.82 Å². The molecule has 0 aromatic carbocycles. The number of morpholine rings is 1. The molecular weight excluding hydrogens is 238 g/mol. The first-order valence-electron chi connectivity index (χ1n) is 5.44. The van der Waals surface area contributed by atoms with Crippen LogP contribution in [-0.4, -0.2) is 47.8 Å². The molecule has 7 heteroatoms. The van der Waals surface area contributed by atoms with Crippen LogP contribution in [0, 0.1) is 0 Å². The van der Waals surface area contributed by atoms with Gasteiger partial charge in [0.15, 0.2) is 6.10 Å². The molecule has 0 bridgehead atoms. The second-order valence-corrected chi connectivity index (χ2v) is 3.88. The molecule has 1 fully saturated rings. The van der Waals surface area contributed by atoms with Gasteiger partial charge in [0, 0.05) is 12.7 Å². The number of primary amides is 1. The summed E-state index contributed by atoms with van der Waals surface area (Å²) in [5.74, 6) is -1.22. The topological polar surface area (TPSA) is 106 Å². The number of hydrogen-bond acceptors (Lipinski definition) is 5. The summed E-state index contributed by atoms with van der Waals surface area (Å²) in [6.07, 6.45) is 0.619. The summed E-state index contributed by atoms with van der Waals surface area (Å²) in [6, 6.07) is 3.18. The standard InChI is InChI=1S/C11H13N3O4/c12-9(15)7-2-1-3-13-10(7)14-4-5-18-8(6-14)11(16)17/h1-3,8H,4-6H2,(H2,12,15)(H,16,17). The number of carbonyl (C=O) groups is 2. The molecule has 1 unspecified atom stereocenters. The van der Waals surface area contributed by atoms with E-state index in [4.69, 9.17) is 15.6 Å². The Balaban J connectivity index is 2.26. The Labute approximate surface area is 103 Å². The van der Waals surface area contributed by atoms with Gasteiger partial charge in [-0.3, -0.25) is 4.79 Å². The normalized spacial score (nSPS) is 19.6. The highest BCUT2D eigenvalue weighted by atomic mass is 16.5. The molecule has 7 nitrogen and oxygen atoms in total. The monoisotopic (exact) mass is 251 g/mol. The fraction of sp³-hybridized carbons (Fsp3) is 0.364. The van der Waals surface area contributed by atoms with Gasteiger partial charge in [-0.1, -0.05) is 0 Å². The molecular formula is C11H13N3O4. The van der Waals surface area contributed by atoms with Gasteiger partial charge in [0.25, 0.3) is 5.91 Å². The average molecular weight is 251 g/mol. The van der Waals surface area contributed by atoms with E-state index in [0.717, 1.165) is 0 Å². The maximum atomic E-state index is 11.3. The number of amides is 1. The van der Waals surface area contributed by atoms with E-state index in [-0.39, 0.29) is 18.7 Å². The molecule has 1 atom stereocenters. The highest BCUT2D eigenvalue weighted by Gasteiger charge is 2.28. The minimum Gasteiger partial charge on any atom is -0.479 e. The molecule has 3 N–H and O–H groups in total. The second kappa shape index (κ2) is 5.01. The summed E-state index contributed by atoms with van der Waals surface area (Å²) < 4.78 is 5.11. The third-order valence-corrected chi connectivity index (χ3v) is 2.69. The van der Waals surface area contributed by atoms with Crippen LogP contribution in [0.5, 0.6) is 0 Å². The van der Waals surface area contributed by atoms with Gasteiger partial charge in [0.1, 0.15) is 5.82 Å². The number of anilines is 1. The van der Waals surface area contributed by atoms with Gasteiger partial charge in [0.2, 0.25) is 0 Å². The molecule has 2 heterocycles. The predicted octanol–water partition coefficient (Wildman–Crippen LogP) is -0.530. The van der Waals surface area contributed by atoms with Crippen LogP contribution < -0.4 is 10.6 Å². The molecule has 0 aliphatic carbocycles. The number of rotatable bonds is 3. The van der Waals surface area contributed by atoms with E-state index in [0.29, 0.717) is 12.4 Å². The van der Waals surface area contributed by atoms with Crippen LogP contribution in [0.1, 0.15) is 10.4 Å². The second-order valence-electron chi connectivity index (χ2n) is 3.88. The SMILES string of the molecule is NC(=O)c1cccnc1N1CCOC(C(=O)O)C1. The number of nitrogens with zero attached hydrogens (tertiary/aromatic N) is 2. The highest BCUT2D eigenvalue weighted by molar-refractivity contribution is 5.97. The van der Waals surface area contributed by atoms with E-state index in [1.165, 1.54) is 6.20 Å². The summed E-state index contributed by atoms with van der Waals surface area (Å²) in [4.78, 5) is 28.0. The van der Waals surface area contributed by atoms with Crippen molar-refractivity contribution in [2.45, 2.75) is 6.10 Å². The number of aromatic nitrogens is 1. The first-order chi connectivity index (χ1) is 8.59. The quantitative estimate of drug-likeness (QED) is 0.748. The number of carbonyl (C=O) groups excluding carboxylic acids is 1. The molecule has 1 saturated heterocycles. The Bertz CT molecular complexity index is 477. The summed E-state index contributed by atoms with van der Waals surface area (Å²) in [5, 5.41) is 8.92. The maximum absolute atomic E-state index is 11.3. The number of carboxylic acid groups (broad SMARTS) is 1. The van der Waals surface area contributed by atoms with Crippen molar-refractivity contribution in [3.63, 3.8) is 0 Å². The molecule has 1 aliphatic rings. The number of nitrogens with two attached hydrogens (primary N) is 1. The van der Waals surface area contributed by atoms with Gasteiger partial charge in [0.05, 0.1) is 18.7 Å². The van der Waals surface area contributed by atoms with Crippen molar-refractivity contribution < 1.29 is 19.4 Å². The third kappa shape index (κ3) is 2.40. The van der Waals surface area contributed by atoms with Crippen LogP contribution in [0.3, 0.4) is 0 Å². The van der Waals surface area contributed by atoms with Crippen LogP contribution in [0.2, 0.25) is 0 Å². The first kappa shape index (κ1) is 12.3. The average Bonchev–Trinajstić information content (AvgIpc) is 2.39. The van der Waals surface area contributed by atoms with E-state index in [1.807, 2.05) is 0 Å². The molecule has 18 heavy (non-hydrogen) atoms. The van der Waals surface area contributed by atoms with Crippen LogP contribution in [-0.2, 0) is 9.53 Å². The Hall–Kier alpha value is -2.15. The van der Waals surface area contributed by atoms with Crippen LogP contribution in [0.25, 0.3) is 0 Å². The molecule has 0 radical (unpaired) electrons. The lowest BCUT2D eigenvalue weighted by Gasteiger charge is -2.32. The zero-order chi connectivity index (χ0) is 13.1. The molecule has 1 amide bonds. The molecule has 1 aromatic rings. The zero-order valence-electron chi connectivity index (χ0n) is 9.57. The van der Waals surface area contributed by atoms with Crippen molar-refractivity contribution in [1.29, 1.82) is 0 Å². The van der Waals surface area contributed by atoms with Gasteiger partial charge in [-0.15, -0.1) is 0 Å². The molecule has 96 valence electrons. The van der Waals surface area contributed by atoms with Crippen molar-refractivity contribution in [3.8, 4) is 0 Å². The van der Waals surface area contributed by atoms with Crippen molar-refractivity contribution in [1.82, 2.24) is 4.98 Å². The van der Waals surface area contributed by atoms with Crippen LogP contribution in [0.15, 0.2) is 18.3 Å². The summed E-state index contributed by atoms with van der Waals surface area (Å²) in [6.45, 7) is 0.888.